The molecule has 36 heavy (non-hydrogen) atoms. The average Bonchev–Trinajstić information content (AvgIpc) is 3.70. The third-order valence-electron chi connectivity index (χ3n) is 6.21. The Balaban J connectivity index is 1.27. The van der Waals surface area contributed by atoms with Gasteiger partial charge < -0.3 is 13.8 Å². The van der Waals surface area contributed by atoms with Crippen molar-refractivity contribution in [3.63, 3.8) is 0 Å². The number of rotatable bonds is 7. The van der Waals surface area contributed by atoms with E-state index in [-0.39, 0.29) is 0 Å². The highest BCUT2D eigenvalue weighted by atomic mass is 32.2. The molecule has 2 aromatic carbocycles. The fourth-order valence-corrected chi connectivity index (χ4v) is 5.14. The fraction of sp³-hybridized carbons (Fsp3) is 0.269. The fourth-order valence-electron chi connectivity index (χ4n) is 4.35. The highest BCUT2D eigenvalue weighted by Gasteiger charge is 2.24. The van der Waals surface area contributed by atoms with Crippen LogP contribution < -0.4 is 4.90 Å². The number of hydrogen-bond acceptors (Lipinski definition) is 9. The molecule has 0 atom stereocenters. The first-order valence-corrected chi connectivity index (χ1v) is 12.9. The first kappa shape index (κ1) is 22.5. The summed E-state index contributed by atoms with van der Waals surface area (Å²) in [5.41, 5.74) is 4.57. The summed E-state index contributed by atoms with van der Waals surface area (Å²) in [5, 5.41) is 22.6. The van der Waals surface area contributed by atoms with Gasteiger partial charge in [-0.2, -0.15) is 0 Å². The molecule has 182 valence electrons. The summed E-state index contributed by atoms with van der Waals surface area (Å²) in [7, 11) is 0. The Morgan fingerprint density at radius 2 is 1.67 bits per heavy atom. The lowest BCUT2D eigenvalue weighted by atomic mass is 10.1. The van der Waals surface area contributed by atoms with Crippen molar-refractivity contribution in [3.8, 4) is 28.4 Å². The number of anilines is 1. The molecule has 1 saturated heterocycles. The monoisotopic (exact) mass is 499 g/mol. The van der Waals surface area contributed by atoms with Gasteiger partial charge in [-0.25, -0.2) is 0 Å². The predicted molar refractivity (Wildman–Crippen MR) is 137 cm³/mol. The molecular formula is C26H25N7O2S. The third kappa shape index (κ3) is 4.28. The number of aryl methyl sites for hydroxylation is 2. The van der Waals surface area contributed by atoms with Gasteiger partial charge in [-0.1, -0.05) is 64.9 Å². The van der Waals surface area contributed by atoms with Crippen LogP contribution in [0.3, 0.4) is 0 Å². The molecule has 1 aliphatic rings. The number of nitrogens with zero attached hydrogens (tertiary/aromatic N) is 7. The molecule has 0 spiro atoms. The SMILES string of the molecule is Cc1ccc(-n2c(SCc3nnc(-c4c(-c5ccccc5)noc4C)o3)nnc2N2CCCC2)cc1. The Morgan fingerprint density at radius 1 is 0.889 bits per heavy atom. The van der Waals surface area contributed by atoms with E-state index in [0.717, 1.165) is 35.4 Å². The van der Waals surface area contributed by atoms with Gasteiger partial charge in [0.25, 0.3) is 5.89 Å². The number of benzene rings is 2. The van der Waals surface area contributed by atoms with Crippen LogP contribution in [0.15, 0.2) is 68.7 Å². The van der Waals surface area contributed by atoms with Crippen molar-refractivity contribution in [3.05, 3.63) is 71.8 Å². The van der Waals surface area contributed by atoms with Crippen LogP contribution in [0.4, 0.5) is 5.95 Å². The van der Waals surface area contributed by atoms with Crippen molar-refractivity contribution < 1.29 is 8.94 Å². The van der Waals surface area contributed by atoms with Crippen LogP contribution in [-0.2, 0) is 5.75 Å². The molecule has 9 nitrogen and oxygen atoms in total. The van der Waals surface area contributed by atoms with Crippen molar-refractivity contribution in [1.82, 2.24) is 30.1 Å². The van der Waals surface area contributed by atoms with Crippen LogP contribution >= 0.6 is 11.8 Å². The van der Waals surface area contributed by atoms with Crippen LogP contribution in [0.25, 0.3) is 28.4 Å². The van der Waals surface area contributed by atoms with E-state index in [9.17, 15) is 0 Å². The van der Waals surface area contributed by atoms with E-state index >= 15 is 0 Å². The lowest BCUT2D eigenvalue weighted by Gasteiger charge is -2.18. The second-order valence-electron chi connectivity index (χ2n) is 8.77. The van der Waals surface area contributed by atoms with Crippen LogP contribution in [0.5, 0.6) is 0 Å². The van der Waals surface area contributed by atoms with Crippen molar-refractivity contribution in [2.75, 3.05) is 18.0 Å². The molecule has 6 rings (SSSR count). The quantitative estimate of drug-likeness (QED) is 0.269. The molecule has 1 aliphatic heterocycles. The maximum atomic E-state index is 6.05. The summed E-state index contributed by atoms with van der Waals surface area (Å²) in [6, 6.07) is 18.2. The van der Waals surface area contributed by atoms with E-state index in [1.165, 1.54) is 30.2 Å². The van der Waals surface area contributed by atoms with Crippen LogP contribution in [0.2, 0.25) is 0 Å². The van der Waals surface area contributed by atoms with E-state index < -0.39 is 0 Å². The summed E-state index contributed by atoms with van der Waals surface area (Å²) in [6.45, 7) is 5.91. The molecule has 0 N–H and O–H groups in total. The Kier molecular flexibility index (Phi) is 6.02. The first-order chi connectivity index (χ1) is 17.7. The Hall–Kier alpha value is -3.92. The Labute approximate surface area is 212 Å². The highest BCUT2D eigenvalue weighted by Crippen LogP contribution is 2.35. The predicted octanol–water partition coefficient (Wildman–Crippen LogP) is 5.48. The molecule has 4 heterocycles. The van der Waals surface area contributed by atoms with Gasteiger partial charge >= 0.3 is 0 Å². The van der Waals surface area contributed by atoms with Crippen LogP contribution in [-0.4, -0.2) is 43.2 Å². The van der Waals surface area contributed by atoms with E-state index in [1.54, 1.807) is 0 Å². The molecule has 5 aromatic rings. The molecule has 0 radical (unpaired) electrons. The lowest BCUT2D eigenvalue weighted by molar-refractivity contribution is 0.399. The summed E-state index contributed by atoms with van der Waals surface area (Å²) in [6.07, 6.45) is 2.34. The molecule has 10 heteroatoms. The highest BCUT2D eigenvalue weighted by molar-refractivity contribution is 7.98. The molecule has 3 aromatic heterocycles. The van der Waals surface area contributed by atoms with Crippen molar-refractivity contribution in [1.29, 1.82) is 0 Å². The molecular weight excluding hydrogens is 474 g/mol. The zero-order valence-corrected chi connectivity index (χ0v) is 20.9. The van der Waals surface area contributed by atoms with Crippen LogP contribution in [0.1, 0.15) is 30.1 Å². The topological polar surface area (TPSA) is 98.9 Å². The van der Waals surface area contributed by atoms with Crippen LogP contribution in [0, 0.1) is 13.8 Å². The maximum Gasteiger partial charge on any atom is 0.253 e. The van der Waals surface area contributed by atoms with Gasteiger partial charge in [0.1, 0.15) is 17.0 Å². The minimum absolute atomic E-state index is 0.390. The third-order valence-corrected chi connectivity index (χ3v) is 7.13. The molecule has 0 aliphatic carbocycles. The zero-order valence-electron chi connectivity index (χ0n) is 20.1. The number of thioether (sulfide) groups is 1. The largest absolute Gasteiger partial charge is 0.420 e. The number of hydrogen-bond donors (Lipinski definition) is 0. The maximum absolute atomic E-state index is 6.05. The molecule has 0 bridgehead atoms. The van der Waals surface area contributed by atoms with E-state index in [0.29, 0.717) is 34.6 Å². The molecule has 0 unspecified atom stereocenters. The minimum Gasteiger partial charge on any atom is -0.420 e. The minimum atomic E-state index is 0.390. The van der Waals surface area contributed by atoms with Gasteiger partial charge in [-0.05, 0) is 38.8 Å². The van der Waals surface area contributed by atoms with Gasteiger partial charge in [0.15, 0.2) is 5.16 Å². The van der Waals surface area contributed by atoms with E-state index in [4.69, 9.17) is 8.94 Å². The Morgan fingerprint density at radius 3 is 2.44 bits per heavy atom. The molecule has 0 saturated carbocycles. The van der Waals surface area contributed by atoms with E-state index in [1.807, 2.05) is 37.3 Å². The summed E-state index contributed by atoms with van der Waals surface area (Å²) in [5.74, 6) is 2.85. The van der Waals surface area contributed by atoms with E-state index in [2.05, 4.69) is 66.2 Å². The van der Waals surface area contributed by atoms with Crippen molar-refractivity contribution >= 4 is 17.7 Å². The lowest BCUT2D eigenvalue weighted by Crippen LogP contribution is -2.22. The van der Waals surface area contributed by atoms with Crippen molar-refractivity contribution in [2.24, 2.45) is 0 Å². The van der Waals surface area contributed by atoms with Gasteiger partial charge in [0.05, 0.1) is 11.4 Å². The van der Waals surface area contributed by atoms with Crippen molar-refractivity contribution in [2.45, 2.75) is 37.6 Å². The summed E-state index contributed by atoms with van der Waals surface area (Å²) < 4.78 is 13.6. The smallest absolute Gasteiger partial charge is 0.253 e. The molecule has 0 amide bonds. The second-order valence-corrected chi connectivity index (χ2v) is 9.71. The van der Waals surface area contributed by atoms with Gasteiger partial charge in [-0.3, -0.25) is 4.57 Å². The summed E-state index contributed by atoms with van der Waals surface area (Å²) in [4.78, 5) is 2.29. The Bertz CT molecular complexity index is 1470. The summed E-state index contributed by atoms with van der Waals surface area (Å²) >= 11 is 1.52. The van der Waals surface area contributed by atoms with Gasteiger partial charge in [-0.15, -0.1) is 20.4 Å². The first-order valence-electron chi connectivity index (χ1n) is 11.9. The standard InChI is InChI=1S/C26H25N7O2S/c1-17-10-12-20(13-11-17)33-25(32-14-6-7-15-32)29-30-26(33)36-16-21-27-28-24(34-21)22-18(2)35-31-23(22)19-8-4-3-5-9-19/h3-5,8-13H,6-7,14-16H2,1-2H3. The van der Waals surface area contributed by atoms with Gasteiger partial charge in [0, 0.05) is 18.7 Å². The number of aromatic nitrogens is 6. The zero-order chi connectivity index (χ0) is 24.5. The average molecular weight is 500 g/mol. The van der Waals surface area contributed by atoms with Gasteiger partial charge in [0.2, 0.25) is 11.8 Å². The normalized spacial score (nSPS) is 13.6. The second kappa shape index (κ2) is 9.62. The molecule has 1 fully saturated rings.